The maximum absolute atomic E-state index is 4.03. The van der Waals surface area contributed by atoms with Gasteiger partial charge in [0.25, 0.3) is 0 Å². The number of aromatic nitrogens is 3. The molecular weight excluding hydrogens is 214 g/mol. The first-order valence-electron chi connectivity index (χ1n) is 6.53. The molecule has 0 amide bonds. The van der Waals surface area contributed by atoms with E-state index < -0.39 is 0 Å². The molecule has 0 aromatic carbocycles. The minimum Gasteiger partial charge on any atom is -0.351 e. The highest BCUT2D eigenvalue weighted by Crippen LogP contribution is 2.23. The molecule has 1 aromatic rings. The van der Waals surface area contributed by atoms with E-state index in [1.165, 1.54) is 19.3 Å². The SMILES string of the molecule is CC(C)NCC1CCCCN1c1cnnn1C. The van der Waals surface area contributed by atoms with E-state index in [-0.39, 0.29) is 0 Å². The molecule has 0 saturated carbocycles. The van der Waals surface area contributed by atoms with Crippen molar-refractivity contribution in [3.63, 3.8) is 0 Å². The van der Waals surface area contributed by atoms with Crippen molar-refractivity contribution in [2.24, 2.45) is 7.05 Å². The number of anilines is 1. The molecule has 2 rings (SSSR count). The van der Waals surface area contributed by atoms with Crippen molar-refractivity contribution in [2.75, 3.05) is 18.0 Å². The van der Waals surface area contributed by atoms with Crippen LogP contribution >= 0.6 is 0 Å². The lowest BCUT2D eigenvalue weighted by molar-refractivity contribution is 0.414. The third-order valence-electron chi connectivity index (χ3n) is 3.37. The summed E-state index contributed by atoms with van der Waals surface area (Å²) in [7, 11) is 1.96. The standard InChI is InChI=1S/C12H23N5/c1-10(2)13-8-11-6-4-5-7-17(11)12-9-14-15-16(12)3/h9-11,13H,4-8H2,1-3H3. The van der Waals surface area contributed by atoms with Crippen molar-refractivity contribution in [1.29, 1.82) is 0 Å². The summed E-state index contributed by atoms with van der Waals surface area (Å²) in [6.45, 7) is 6.55. The van der Waals surface area contributed by atoms with Crippen LogP contribution in [0.2, 0.25) is 0 Å². The topological polar surface area (TPSA) is 46.0 Å². The van der Waals surface area contributed by atoms with Crippen LogP contribution in [-0.2, 0) is 7.05 Å². The molecule has 0 bridgehead atoms. The molecule has 1 unspecified atom stereocenters. The van der Waals surface area contributed by atoms with E-state index >= 15 is 0 Å². The van der Waals surface area contributed by atoms with Crippen LogP contribution < -0.4 is 10.2 Å². The van der Waals surface area contributed by atoms with Crippen LogP contribution in [0, 0.1) is 0 Å². The normalized spacial score (nSPS) is 21.2. The van der Waals surface area contributed by atoms with Crippen LogP contribution in [0.15, 0.2) is 6.20 Å². The fourth-order valence-electron chi connectivity index (χ4n) is 2.43. The molecule has 0 spiro atoms. The van der Waals surface area contributed by atoms with Gasteiger partial charge in [0, 0.05) is 32.2 Å². The molecule has 1 saturated heterocycles. The molecule has 96 valence electrons. The average molecular weight is 237 g/mol. The fraction of sp³-hybridized carbons (Fsp3) is 0.833. The highest BCUT2D eigenvalue weighted by Gasteiger charge is 2.24. The van der Waals surface area contributed by atoms with E-state index in [9.17, 15) is 0 Å². The Morgan fingerprint density at radius 1 is 1.47 bits per heavy atom. The maximum atomic E-state index is 4.03. The summed E-state index contributed by atoms with van der Waals surface area (Å²) in [4.78, 5) is 2.44. The summed E-state index contributed by atoms with van der Waals surface area (Å²) in [5, 5.41) is 11.5. The van der Waals surface area contributed by atoms with Gasteiger partial charge in [-0.3, -0.25) is 0 Å². The average Bonchev–Trinajstić information content (AvgIpc) is 2.73. The van der Waals surface area contributed by atoms with Crippen molar-refractivity contribution in [1.82, 2.24) is 20.3 Å². The second-order valence-corrected chi connectivity index (χ2v) is 5.12. The number of hydrogen-bond donors (Lipinski definition) is 1. The Balaban J connectivity index is 2.04. The van der Waals surface area contributed by atoms with E-state index in [2.05, 4.69) is 34.4 Å². The molecule has 17 heavy (non-hydrogen) atoms. The monoisotopic (exact) mass is 237 g/mol. The second-order valence-electron chi connectivity index (χ2n) is 5.12. The van der Waals surface area contributed by atoms with Gasteiger partial charge >= 0.3 is 0 Å². The first kappa shape index (κ1) is 12.4. The Kier molecular flexibility index (Phi) is 3.99. The molecule has 5 nitrogen and oxygen atoms in total. The fourth-order valence-corrected chi connectivity index (χ4v) is 2.43. The molecule has 1 atom stereocenters. The first-order chi connectivity index (χ1) is 8.18. The number of nitrogens with one attached hydrogen (secondary N) is 1. The van der Waals surface area contributed by atoms with E-state index in [0.717, 1.165) is 18.9 Å². The van der Waals surface area contributed by atoms with E-state index in [1.54, 1.807) is 0 Å². The molecule has 0 radical (unpaired) electrons. The van der Waals surface area contributed by atoms with Gasteiger partial charge in [-0.05, 0) is 19.3 Å². The predicted molar refractivity (Wildman–Crippen MR) is 69.1 cm³/mol. The summed E-state index contributed by atoms with van der Waals surface area (Å²) in [6.07, 6.45) is 5.72. The Morgan fingerprint density at radius 3 is 2.94 bits per heavy atom. The Bertz CT molecular complexity index is 346. The van der Waals surface area contributed by atoms with Crippen LogP contribution in [0.5, 0.6) is 0 Å². The lowest BCUT2D eigenvalue weighted by Gasteiger charge is -2.37. The van der Waals surface area contributed by atoms with E-state index in [4.69, 9.17) is 0 Å². The molecule has 1 N–H and O–H groups in total. The minimum atomic E-state index is 0.545. The largest absolute Gasteiger partial charge is 0.351 e. The predicted octanol–water partition coefficient (Wildman–Crippen LogP) is 1.17. The van der Waals surface area contributed by atoms with Crippen molar-refractivity contribution >= 4 is 5.82 Å². The lowest BCUT2D eigenvalue weighted by Crippen LogP contribution is -2.47. The number of piperidine rings is 1. The molecule has 1 aliphatic heterocycles. The van der Waals surface area contributed by atoms with Gasteiger partial charge in [0.1, 0.15) is 5.82 Å². The van der Waals surface area contributed by atoms with Gasteiger partial charge in [-0.2, -0.15) is 0 Å². The van der Waals surface area contributed by atoms with Gasteiger partial charge in [0.15, 0.2) is 0 Å². The molecular formula is C12H23N5. The molecule has 1 fully saturated rings. The van der Waals surface area contributed by atoms with Gasteiger partial charge in [-0.15, -0.1) is 5.10 Å². The van der Waals surface area contributed by atoms with Gasteiger partial charge in [-0.1, -0.05) is 19.1 Å². The number of hydrogen-bond acceptors (Lipinski definition) is 4. The third-order valence-corrected chi connectivity index (χ3v) is 3.37. The van der Waals surface area contributed by atoms with Crippen LogP contribution in [0.1, 0.15) is 33.1 Å². The summed E-state index contributed by atoms with van der Waals surface area (Å²) in [5.41, 5.74) is 0. The van der Waals surface area contributed by atoms with E-state index in [0.29, 0.717) is 12.1 Å². The Labute approximate surface area is 103 Å². The highest BCUT2D eigenvalue weighted by molar-refractivity contribution is 5.38. The molecule has 1 aliphatic rings. The van der Waals surface area contributed by atoms with Crippen LogP contribution in [0.25, 0.3) is 0 Å². The Hall–Kier alpha value is -1.10. The minimum absolute atomic E-state index is 0.545. The second kappa shape index (κ2) is 5.49. The van der Waals surface area contributed by atoms with Crippen molar-refractivity contribution < 1.29 is 0 Å². The van der Waals surface area contributed by atoms with Crippen molar-refractivity contribution in [3.05, 3.63) is 6.20 Å². The summed E-state index contributed by atoms with van der Waals surface area (Å²) < 4.78 is 1.87. The number of rotatable bonds is 4. The zero-order valence-electron chi connectivity index (χ0n) is 11.1. The molecule has 0 aliphatic carbocycles. The smallest absolute Gasteiger partial charge is 0.147 e. The third kappa shape index (κ3) is 2.97. The highest BCUT2D eigenvalue weighted by atomic mass is 15.5. The Morgan fingerprint density at radius 2 is 2.29 bits per heavy atom. The van der Waals surface area contributed by atoms with Crippen molar-refractivity contribution in [3.8, 4) is 0 Å². The van der Waals surface area contributed by atoms with Gasteiger partial charge in [-0.25, -0.2) is 4.68 Å². The van der Waals surface area contributed by atoms with E-state index in [1.807, 2.05) is 17.9 Å². The van der Waals surface area contributed by atoms with Gasteiger partial charge in [0.05, 0.1) is 6.20 Å². The summed E-state index contributed by atoms with van der Waals surface area (Å²) in [5.74, 6) is 1.14. The molecule has 2 heterocycles. The lowest BCUT2D eigenvalue weighted by atomic mass is 10.0. The quantitative estimate of drug-likeness (QED) is 0.854. The van der Waals surface area contributed by atoms with Crippen molar-refractivity contribution in [2.45, 2.75) is 45.2 Å². The van der Waals surface area contributed by atoms with Crippen LogP contribution in [-0.4, -0.2) is 40.2 Å². The zero-order chi connectivity index (χ0) is 12.3. The summed E-state index contributed by atoms with van der Waals surface area (Å²) >= 11 is 0. The van der Waals surface area contributed by atoms with Crippen LogP contribution in [0.4, 0.5) is 5.82 Å². The molecule has 5 heteroatoms. The van der Waals surface area contributed by atoms with Gasteiger partial charge < -0.3 is 10.2 Å². The number of nitrogens with zero attached hydrogens (tertiary/aromatic N) is 4. The summed E-state index contributed by atoms with van der Waals surface area (Å²) in [6, 6.07) is 1.12. The zero-order valence-corrected chi connectivity index (χ0v) is 11.1. The van der Waals surface area contributed by atoms with Crippen LogP contribution in [0.3, 0.4) is 0 Å². The number of aryl methyl sites for hydroxylation is 1. The maximum Gasteiger partial charge on any atom is 0.147 e. The molecule has 1 aromatic heterocycles. The van der Waals surface area contributed by atoms with Gasteiger partial charge in [0.2, 0.25) is 0 Å². The first-order valence-corrected chi connectivity index (χ1v) is 6.53.